The molecule has 7 N–H and O–H groups in total. The molecule has 0 saturated carbocycles. The monoisotopic (exact) mass is 483 g/mol. The van der Waals surface area contributed by atoms with Crippen molar-refractivity contribution in [2.45, 2.75) is 12.8 Å². The number of aryl methyl sites for hydroxylation is 1. The van der Waals surface area contributed by atoms with Crippen LogP contribution < -0.4 is 27.3 Å². The number of aromatic nitrogens is 2. The van der Waals surface area contributed by atoms with Crippen LogP contribution in [-0.4, -0.2) is 45.9 Å². The highest BCUT2D eigenvalue weighted by Crippen LogP contribution is 2.20. The number of nitrogens with zero attached hydrogens (tertiary/aromatic N) is 2. The molecule has 3 aromatic rings. The highest BCUT2D eigenvalue weighted by atomic mass is 16.8. The lowest BCUT2D eigenvalue weighted by Gasteiger charge is -2.17. The van der Waals surface area contributed by atoms with Crippen LogP contribution in [0.2, 0.25) is 0 Å². The van der Waals surface area contributed by atoms with E-state index in [-0.39, 0.29) is 16.7 Å². The van der Waals surface area contributed by atoms with E-state index in [2.05, 4.69) is 20.4 Å². The summed E-state index contributed by atoms with van der Waals surface area (Å²) >= 11 is 0. The van der Waals surface area contributed by atoms with Crippen molar-refractivity contribution in [1.82, 2.24) is 15.4 Å². The summed E-state index contributed by atoms with van der Waals surface area (Å²) in [5, 5.41) is 25.3. The zero-order chi connectivity index (χ0) is 25.7. The number of hydrogen-bond acceptors (Lipinski definition) is 9. The third-order valence-electron chi connectivity index (χ3n) is 4.78. The van der Waals surface area contributed by atoms with Gasteiger partial charge >= 0.3 is 12.0 Å². The van der Waals surface area contributed by atoms with Gasteiger partial charge in [-0.1, -0.05) is 17.7 Å². The van der Waals surface area contributed by atoms with E-state index in [9.17, 15) is 24.4 Å². The Hall–Kier alpha value is -4.66. The number of urea groups is 1. The molecule has 0 aliphatic rings. The zero-order valence-electron chi connectivity index (χ0n) is 18.5. The van der Waals surface area contributed by atoms with Gasteiger partial charge in [0.2, 0.25) is 0 Å². The first kappa shape index (κ1) is 25.0. The highest BCUT2D eigenvalue weighted by Gasteiger charge is 2.36. The van der Waals surface area contributed by atoms with E-state index in [4.69, 9.17) is 15.7 Å². The van der Waals surface area contributed by atoms with Crippen molar-refractivity contribution in [2.75, 3.05) is 12.4 Å². The highest BCUT2D eigenvalue weighted by molar-refractivity contribution is 6.47. The molecule has 2 atom stereocenters. The molecule has 1 aromatic heterocycles. The average molecular weight is 483 g/mol. The van der Waals surface area contributed by atoms with Gasteiger partial charge in [0.15, 0.2) is 11.6 Å². The first-order valence-corrected chi connectivity index (χ1v) is 9.97. The van der Waals surface area contributed by atoms with Gasteiger partial charge in [-0.3, -0.25) is 14.4 Å². The van der Waals surface area contributed by atoms with Crippen molar-refractivity contribution < 1.29 is 29.6 Å². The summed E-state index contributed by atoms with van der Waals surface area (Å²) < 4.78 is 4.77. The SMILES string of the molecule is COC(=O)C(/C(=N\NC(N)=O)C(=O)Nc1ccc(C)cc1)c1nc2ccc([NH+]([O-])O)cc2[nH]c1=O. The van der Waals surface area contributed by atoms with E-state index in [0.717, 1.165) is 12.7 Å². The number of H-pyrrole nitrogens is 1. The van der Waals surface area contributed by atoms with Crippen molar-refractivity contribution in [1.29, 1.82) is 0 Å². The van der Waals surface area contributed by atoms with Gasteiger partial charge in [-0.2, -0.15) is 10.3 Å². The first-order valence-electron chi connectivity index (χ1n) is 9.97. The Bertz CT molecular complexity index is 1370. The Morgan fingerprint density at radius 1 is 1.23 bits per heavy atom. The van der Waals surface area contributed by atoms with Gasteiger partial charge in [-0.15, -0.1) is 0 Å². The minimum atomic E-state index is -1.77. The summed E-state index contributed by atoms with van der Waals surface area (Å²) in [4.78, 5) is 56.6. The third-order valence-corrected chi connectivity index (χ3v) is 4.78. The van der Waals surface area contributed by atoms with E-state index < -0.39 is 46.0 Å². The Labute approximate surface area is 196 Å². The molecule has 35 heavy (non-hydrogen) atoms. The molecule has 3 amide bonds. The number of carbonyl (C=O) groups excluding carboxylic acids is 3. The number of carbonyl (C=O) groups is 3. The predicted octanol–water partition coefficient (Wildman–Crippen LogP) is -0.445. The van der Waals surface area contributed by atoms with Gasteiger partial charge in [0.25, 0.3) is 11.5 Å². The summed E-state index contributed by atoms with van der Waals surface area (Å²) in [6.07, 6.45) is 0. The van der Waals surface area contributed by atoms with Gasteiger partial charge in [0, 0.05) is 17.8 Å². The third kappa shape index (κ3) is 5.83. The molecule has 0 bridgehead atoms. The number of fused-ring (bicyclic) bond motifs is 1. The summed E-state index contributed by atoms with van der Waals surface area (Å²) in [7, 11) is 1.03. The van der Waals surface area contributed by atoms with Gasteiger partial charge in [0.1, 0.15) is 11.4 Å². The first-order chi connectivity index (χ1) is 16.6. The molecule has 1 heterocycles. The minimum absolute atomic E-state index is 0.0834. The molecular formula is C21H21N7O7. The van der Waals surface area contributed by atoms with Crippen LogP contribution in [0.4, 0.5) is 16.2 Å². The van der Waals surface area contributed by atoms with Crippen molar-refractivity contribution in [3.05, 3.63) is 69.3 Å². The molecule has 2 aromatic carbocycles. The van der Waals surface area contributed by atoms with Crippen molar-refractivity contribution >= 4 is 46.0 Å². The lowest BCUT2D eigenvalue weighted by Crippen LogP contribution is -2.99. The van der Waals surface area contributed by atoms with Crippen molar-refractivity contribution in [3.8, 4) is 0 Å². The van der Waals surface area contributed by atoms with E-state index in [1.54, 1.807) is 24.3 Å². The number of anilines is 1. The molecule has 0 aliphatic heterocycles. The maximum atomic E-state index is 13.1. The number of nitrogens with two attached hydrogens (primary N) is 1. The van der Waals surface area contributed by atoms with E-state index in [1.807, 2.05) is 12.3 Å². The zero-order valence-corrected chi connectivity index (χ0v) is 18.5. The number of nitrogens with one attached hydrogen (secondary N) is 4. The molecule has 14 heteroatoms. The van der Waals surface area contributed by atoms with E-state index in [1.165, 1.54) is 18.2 Å². The summed E-state index contributed by atoms with van der Waals surface area (Å²) in [5.74, 6) is -3.79. The molecule has 0 saturated heterocycles. The molecular weight excluding hydrogens is 462 g/mol. The number of amides is 3. The Balaban J connectivity index is 2.13. The quantitative estimate of drug-likeness (QED) is 0.147. The number of esters is 1. The fraction of sp³-hybridized carbons (Fsp3) is 0.143. The van der Waals surface area contributed by atoms with Gasteiger partial charge in [0.05, 0.1) is 18.1 Å². The Morgan fingerprint density at radius 3 is 2.51 bits per heavy atom. The molecule has 14 nitrogen and oxygen atoms in total. The summed E-state index contributed by atoms with van der Waals surface area (Å²) in [6, 6.07) is 9.28. The molecule has 2 unspecified atom stereocenters. The van der Waals surface area contributed by atoms with Crippen molar-refractivity contribution in [2.24, 2.45) is 10.8 Å². The summed E-state index contributed by atoms with van der Waals surface area (Å²) in [6.45, 7) is 1.85. The Kier molecular flexibility index (Phi) is 7.50. The van der Waals surface area contributed by atoms with Gasteiger partial charge in [-0.25, -0.2) is 20.4 Å². The number of primary amides is 1. The molecule has 182 valence electrons. The number of hydrazone groups is 1. The number of aromatic amines is 1. The lowest BCUT2D eigenvalue weighted by atomic mass is 9.98. The van der Waals surface area contributed by atoms with Gasteiger partial charge in [-0.05, 0) is 25.1 Å². The molecule has 0 aliphatic carbocycles. The Morgan fingerprint density at radius 2 is 1.91 bits per heavy atom. The van der Waals surface area contributed by atoms with E-state index in [0.29, 0.717) is 5.69 Å². The van der Waals surface area contributed by atoms with E-state index >= 15 is 0 Å². The second-order valence-electron chi connectivity index (χ2n) is 7.24. The largest absolute Gasteiger partial charge is 0.595 e. The fourth-order valence-electron chi connectivity index (χ4n) is 3.09. The topological polar surface area (TPSA) is 216 Å². The number of benzene rings is 2. The van der Waals surface area contributed by atoms with Crippen LogP contribution in [0.1, 0.15) is 17.2 Å². The number of hydrogen-bond donors (Lipinski definition) is 6. The molecule has 0 spiro atoms. The van der Waals surface area contributed by atoms with Crippen LogP contribution in [0.25, 0.3) is 11.0 Å². The van der Waals surface area contributed by atoms with Crippen LogP contribution in [0, 0.1) is 12.1 Å². The maximum Gasteiger partial charge on any atom is 0.332 e. The van der Waals surface area contributed by atoms with Crippen molar-refractivity contribution in [3.63, 3.8) is 0 Å². The normalized spacial score (nSPS) is 13.1. The number of quaternary nitrogens is 1. The summed E-state index contributed by atoms with van der Waals surface area (Å²) in [5.41, 5.74) is 6.31. The second kappa shape index (κ2) is 10.5. The van der Waals surface area contributed by atoms with Crippen LogP contribution in [0.3, 0.4) is 0 Å². The molecule has 0 radical (unpaired) electrons. The van der Waals surface area contributed by atoms with Crippen LogP contribution in [0.5, 0.6) is 0 Å². The smallest absolute Gasteiger partial charge is 0.332 e. The van der Waals surface area contributed by atoms with Crippen LogP contribution in [0.15, 0.2) is 52.4 Å². The molecule has 3 rings (SSSR count). The second-order valence-corrected chi connectivity index (χ2v) is 7.24. The van der Waals surface area contributed by atoms with Gasteiger partial charge < -0.3 is 26.0 Å². The van der Waals surface area contributed by atoms with Crippen LogP contribution in [-0.2, 0) is 14.3 Å². The standard InChI is InChI=1S/C21H21N7O7/c1-10-3-5-11(6-4-10)23-19(30)17(26-27-21(22)32)15(20(31)35-2)16-18(29)25-14-9-12(28(33)34)7-8-13(14)24-16/h3-9,15,28,33H,1-2H3,(H,23,30)(H,25,29)(H3,22,27,32)/b26-17+. The minimum Gasteiger partial charge on any atom is -0.595 e. The fourth-order valence-corrected chi connectivity index (χ4v) is 3.09. The predicted molar refractivity (Wildman–Crippen MR) is 123 cm³/mol. The maximum absolute atomic E-state index is 13.1. The lowest BCUT2D eigenvalue weighted by molar-refractivity contribution is -0.991. The number of methoxy groups -OCH3 is 1. The number of ether oxygens (including phenoxy) is 1. The molecule has 0 fully saturated rings. The number of rotatable bonds is 7. The van der Waals surface area contributed by atoms with Crippen LogP contribution >= 0.6 is 0 Å². The average Bonchev–Trinajstić information content (AvgIpc) is 2.82.